The zero-order valence-electron chi connectivity index (χ0n) is 8.90. The van der Waals surface area contributed by atoms with Gasteiger partial charge in [-0.05, 0) is 18.2 Å². The Kier molecular flexibility index (Phi) is 3.41. The van der Waals surface area contributed by atoms with Crippen LogP contribution >= 0.6 is 0 Å². The first-order chi connectivity index (χ1) is 8.22. The number of aromatic nitrogens is 1. The van der Waals surface area contributed by atoms with E-state index in [2.05, 4.69) is 10.4 Å². The van der Waals surface area contributed by atoms with Crippen molar-refractivity contribution in [2.45, 2.75) is 6.04 Å². The second-order valence-corrected chi connectivity index (χ2v) is 3.52. The van der Waals surface area contributed by atoms with Crippen LogP contribution in [0.3, 0.4) is 0 Å². The molecule has 0 saturated carbocycles. The Hall–Kier alpha value is -1.85. The number of nitrogens with zero attached hydrogens (tertiary/aromatic N) is 1. The lowest BCUT2D eigenvalue weighted by Gasteiger charge is -2.16. The zero-order valence-corrected chi connectivity index (χ0v) is 8.90. The summed E-state index contributed by atoms with van der Waals surface area (Å²) in [5, 5.41) is 0. The molecule has 2 rings (SSSR count). The Labute approximate surface area is 97.3 Å². The molecular weight excluding hydrogens is 224 g/mol. The van der Waals surface area contributed by atoms with Crippen LogP contribution in [0.1, 0.15) is 17.3 Å². The molecule has 0 amide bonds. The van der Waals surface area contributed by atoms with Crippen LogP contribution in [0.25, 0.3) is 0 Å². The molecule has 0 aliphatic carbocycles. The molecule has 1 aromatic carbocycles. The number of nitrogens with two attached hydrogens (primary N) is 1. The summed E-state index contributed by atoms with van der Waals surface area (Å²) in [6.07, 6.45) is 1.07. The molecule has 5 heteroatoms. The summed E-state index contributed by atoms with van der Waals surface area (Å²) in [5.74, 6) is 4.56. The minimum absolute atomic E-state index is 0.370. The summed E-state index contributed by atoms with van der Waals surface area (Å²) in [6, 6.07) is 8.35. The van der Waals surface area contributed by atoms with Crippen molar-refractivity contribution >= 4 is 0 Å². The van der Waals surface area contributed by atoms with Crippen molar-refractivity contribution in [2.75, 3.05) is 0 Å². The number of hydrogen-bond acceptors (Lipinski definition) is 3. The number of rotatable bonds is 3. The van der Waals surface area contributed by atoms with Gasteiger partial charge in [-0.1, -0.05) is 18.2 Å². The maximum Gasteiger partial charge on any atom is 0.141 e. The van der Waals surface area contributed by atoms with Crippen LogP contribution in [0.4, 0.5) is 8.78 Å². The van der Waals surface area contributed by atoms with E-state index in [0.29, 0.717) is 11.3 Å². The highest BCUT2D eigenvalue weighted by molar-refractivity contribution is 5.28. The van der Waals surface area contributed by atoms with Gasteiger partial charge in [0.1, 0.15) is 11.6 Å². The number of halogens is 2. The maximum absolute atomic E-state index is 13.6. The fourth-order valence-electron chi connectivity index (χ4n) is 1.60. The van der Waals surface area contributed by atoms with E-state index in [1.165, 1.54) is 18.2 Å². The van der Waals surface area contributed by atoms with E-state index in [4.69, 9.17) is 5.84 Å². The van der Waals surface area contributed by atoms with Gasteiger partial charge in [0, 0.05) is 5.56 Å². The first kappa shape index (κ1) is 11.6. The molecule has 3 nitrogen and oxygen atoms in total. The molecule has 17 heavy (non-hydrogen) atoms. The number of pyridine rings is 1. The third-order valence-electron chi connectivity index (χ3n) is 2.43. The smallest absolute Gasteiger partial charge is 0.141 e. The van der Waals surface area contributed by atoms with Crippen molar-refractivity contribution in [1.29, 1.82) is 0 Å². The third kappa shape index (κ3) is 2.46. The fourth-order valence-corrected chi connectivity index (χ4v) is 1.60. The largest absolute Gasteiger partial charge is 0.271 e. The van der Waals surface area contributed by atoms with E-state index in [9.17, 15) is 8.78 Å². The Morgan fingerprint density at radius 3 is 2.47 bits per heavy atom. The van der Waals surface area contributed by atoms with Crippen LogP contribution in [0.2, 0.25) is 0 Å². The molecule has 1 aromatic heterocycles. The Bertz CT molecular complexity index is 499. The van der Waals surface area contributed by atoms with E-state index in [1.54, 1.807) is 18.2 Å². The maximum atomic E-state index is 13.6. The summed E-state index contributed by atoms with van der Waals surface area (Å²) < 4.78 is 26.3. The summed E-state index contributed by atoms with van der Waals surface area (Å²) in [4.78, 5) is 3.88. The lowest BCUT2D eigenvalue weighted by Crippen LogP contribution is -2.30. The molecule has 1 atom stereocenters. The summed E-state index contributed by atoms with van der Waals surface area (Å²) in [7, 11) is 0. The van der Waals surface area contributed by atoms with Crippen molar-refractivity contribution < 1.29 is 8.78 Å². The third-order valence-corrected chi connectivity index (χ3v) is 2.43. The Morgan fingerprint density at radius 2 is 1.88 bits per heavy atom. The van der Waals surface area contributed by atoms with Crippen molar-refractivity contribution in [3.8, 4) is 0 Å². The van der Waals surface area contributed by atoms with Crippen molar-refractivity contribution in [3.63, 3.8) is 0 Å². The van der Waals surface area contributed by atoms with Crippen LogP contribution in [-0.4, -0.2) is 4.98 Å². The van der Waals surface area contributed by atoms with E-state index < -0.39 is 11.9 Å². The minimum atomic E-state index is -0.600. The van der Waals surface area contributed by atoms with Gasteiger partial charge in [-0.2, -0.15) is 0 Å². The molecule has 0 spiro atoms. The molecule has 1 heterocycles. The average molecular weight is 235 g/mol. The lowest BCUT2D eigenvalue weighted by atomic mass is 10.0. The molecule has 88 valence electrons. The highest BCUT2D eigenvalue weighted by Gasteiger charge is 2.17. The topological polar surface area (TPSA) is 50.9 Å². The Balaban J connectivity index is 2.40. The van der Waals surface area contributed by atoms with Crippen LogP contribution in [0, 0.1) is 11.6 Å². The van der Waals surface area contributed by atoms with Crippen molar-refractivity contribution in [2.24, 2.45) is 5.84 Å². The summed E-state index contributed by atoms with van der Waals surface area (Å²) in [5.41, 5.74) is 3.30. The van der Waals surface area contributed by atoms with Gasteiger partial charge in [0.05, 0.1) is 17.9 Å². The SMILES string of the molecule is NNC(c1ccc(F)cn1)c1ccccc1F. The van der Waals surface area contributed by atoms with Gasteiger partial charge in [0.25, 0.3) is 0 Å². The van der Waals surface area contributed by atoms with Gasteiger partial charge in [-0.15, -0.1) is 0 Å². The monoisotopic (exact) mass is 235 g/mol. The number of nitrogens with one attached hydrogen (secondary N) is 1. The second kappa shape index (κ2) is 4.99. The molecular formula is C12H11F2N3. The average Bonchev–Trinajstić information content (AvgIpc) is 2.35. The highest BCUT2D eigenvalue weighted by Crippen LogP contribution is 2.21. The van der Waals surface area contributed by atoms with Gasteiger partial charge >= 0.3 is 0 Å². The van der Waals surface area contributed by atoms with E-state index in [1.807, 2.05) is 0 Å². The van der Waals surface area contributed by atoms with E-state index >= 15 is 0 Å². The highest BCUT2D eigenvalue weighted by atomic mass is 19.1. The van der Waals surface area contributed by atoms with E-state index in [-0.39, 0.29) is 5.82 Å². The van der Waals surface area contributed by atoms with Crippen LogP contribution in [0.5, 0.6) is 0 Å². The van der Waals surface area contributed by atoms with Gasteiger partial charge in [-0.25, -0.2) is 14.2 Å². The Morgan fingerprint density at radius 1 is 1.12 bits per heavy atom. The van der Waals surface area contributed by atoms with Gasteiger partial charge in [0.15, 0.2) is 0 Å². The molecule has 3 N–H and O–H groups in total. The molecule has 0 aliphatic heterocycles. The fraction of sp³-hybridized carbons (Fsp3) is 0.0833. The first-order valence-electron chi connectivity index (χ1n) is 5.04. The molecule has 0 bridgehead atoms. The van der Waals surface area contributed by atoms with Gasteiger partial charge in [-0.3, -0.25) is 10.8 Å². The van der Waals surface area contributed by atoms with Crippen LogP contribution < -0.4 is 11.3 Å². The predicted octanol–water partition coefficient (Wildman–Crippen LogP) is 1.91. The predicted molar refractivity (Wildman–Crippen MR) is 59.8 cm³/mol. The van der Waals surface area contributed by atoms with Gasteiger partial charge < -0.3 is 0 Å². The lowest BCUT2D eigenvalue weighted by molar-refractivity contribution is 0.549. The second-order valence-electron chi connectivity index (χ2n) is 3.52. The molecule has 1 unspecified atom stereocenters. The van der Waals surface area contributed by atoms with Crippen molar-refractivity contribution in [1.82, 2.24) is 10.4 Å². The summed E-state index contributed by atoms with van der Waals surface area (Å²) in [6.45, 7) is 0. The van der Waals surface area contributed by atoms with Crippen LogP contribution in [0.15, 0.2) is 42.6 Å². The van der Waals surface area contributed by atoms with Gasteiger partial charge in [0.2, 0.25) is 0 Å². The molecule has 0 radical (unpaired) electrons. The van der Waals surface area contributed by atoms with E-state index in [0.717, 1.165) is 6.20 Å². The number of benzene rings is 1. The number of hydrazine groups is 1. The minimum Gasteiger partial charge on any atom is -0.271 e. The first-order valence-corrected chi connectivity index (χ1v) is 5.04. The zero-order chi connectivity index (χ0) is 12.3. The summed E-state index contributed by atoms with van der Waals surface area (Å²) >= 11 is 0. The quantitative estimate of drug-likeness (QED) is 0.631. The van der Waals surface area contributed by atoms with Crippen molar-refractivity contribution in [3.05, 3.63) is 65.5 Å². The molecule has 2 aromatic rings. The molecule has 0 aliphatic rings. The normalized spacial score (nSPS) is 12.4. The standard InChI is InChI=1S/C12H11F2N3/c13-8-5-6-11(16-7-8)12(17-15)9-3-1-2-4-10(9)14/h1-7,12,17H,15H2. The number of hydrogen-bond donors (Lipinski definition) is 2. The molecule has 0 saturated heterocycles. The molecule has 0 fully saturated rings. The van der Waals surface area contributed by atoms with Crippen LogP contribution in [-0.2, 0) is 0 Å².